The fraction of sp³-hybridized carbons (Fsp3) is 0.487. The highest BCUT2D eigenvalue weighted by molar-refractivity contribution is 7.88. The molecule has 2 aromatic carbocycles. The van der Waals surface area contributed by atoms with Crippen LogP contribution in [-0.4, -0.2) is 100 Å². The van der Waals surface area contributed by atoms with E-state index in [1.54, 1.807) is 39.3 Å². The Kier molecular flexibility index (Phi) is 12.3. The van der Waals surface area contributed by atoms with Crippen molar-refractivity contribution in [3.63, 3.8) is 0 Å². The second kappa shape index (κ2) is 17.1. The molecule has 2 aliphatic rings. The Morgan fingerprint density at radius 3 is 2.43 bits per heavy atom. The van der Waals surface area contributed by atoms with Crippen molar-refractivity contribution in [1.82, 2.24) is 24.5 Å². The summed E-state index contributed by atoms with van der Waals surface area (Å²) in [5.74, 6) is 1.77. The van der Waals surface area contributed by atoms with E-state index in [0.717, 1.165) is 12.8 Å². The Morgan fingerprint density at radius 2 is 1.72 bits per heavy atom. The van der Waals surface area contributed by atoms with Gasteiger partial charge in [0.25, 0.3) is 5.91 Å². The molecule has 2 aliphatic heterocycles. The first kappa shape index (κ1) is 38.8. The number of nitrogens with one attached hydrogen (secondary N) is 1. The Morgan fingerprint density at radius 1 is 0.963 bits per heavy atom. The average molecular weight is 763 g/mol. The molecule has 2 amide bonds. The second-order valence-electron chi connectivity index (χ2n) is 13.8. The standard InChI is InChI=1S/C39H50N6O8S/c1-6-34-41-26(2)35(53-34)39(47)44-16-10-11-18-45(54(48,49)25-27-13-8-7-9-14-27)23-29-19-30-31(20-32(50-3)37(52-5)36(30)51-4)42-38(29)43-17-12-15-28(22-43)21-40-33(46)24-44/h7-9,13-14,19-20,28H,6,10-12,15-18,21-25H2,1-5H3,(H,40,46). The van der Waals surface area contributed by atoms with E-state index < -0.39 is 15.9 Å². The van der Waals surface area contributed by atoms with Crippen LogP contribution >= 0.6 is 0 Å². The highest BCUT2D eigenvalue weighted by Crippen LogP contribution is 2.44. The Bertz CT molecular complexity index is 2070. The summed E-state index contributed by atoms with van der Waals surface area (Å²) < 4.78 is 53.2. The van der Waals surface area contributed by atoms with E-state index in [2.05, 4.69) is 15.2 Å². The molecule has 14 nitrogen and oxygen atoms in total. The number of anilines is 1. The SMILES string of the molecule is CCc1nc(C)c(C(=O)N2CCCCN(S(=O)(=O)Cc3ccccc3)Cc3cc4c(OC)c(OC)c(OC)cc4nc3N3CCCC(CNC(=O)C2)C3)o1. The number of nitrogens with zero attached hydrogens (tertiary/aromatic N) is 5. The van der Waals surface area contributed by atoms with Crippen LogP contribution < -0.4 is 24.4 Å². The number of fused-ring (bicyclic) bond motifs is 5. The number of hydrogen-bond acceptors (Lipinski definition) is 11. The van der Waals surface area contributed by atoms with Gasteiger partial charge in [-0.25, -0.2) is 18.4 Å². The summed E-state index contributed by atoms with van der Waals surface area (Å²) in [6, 6.07) is 12.9. The number of methoxy groups -OCH3 is 3. The molecule has 1 fully saturated rings. The lowest BCUT2D eigenvalue weighted by molar-refractivity contribution is -0.122. The van der Waals surface area contributed by atoms with Crippen molar-refractivity contribution in [3.8, 4) is 17.2 Å². The predicted octanol–water partition coefficient (Wildman–Crippen LogP) is 4.72. The van der Waals surface area contributed by atoms with Gasteiger partial charge in [0.1, 0.15) is 5.82 Å². The topological polar surface area (TPSA) is 157 Å². The molecule has 4 heterocycles. The molecule has 2 bridgehead atoms. The van der Waals surface area contributed by atoms with E-state index in [1.165, 1.54) is 16.3 Å². The van der Waals surface area contributed by atoms with Gasteiger partial charge in [0.15, 0.2) is 17.4 Å². The van der Waals surface area contributed by atoms with Gasteiger partial charge in [-0.3, -0.25) is 9.59 Å². The first-order valence-corrected chi connectivity index (χ1v) is 20.1. The number of ether oxygens (including phenoxy) is 3. The van der Waals surface area contributed by atoms with Gasteiger partial charge in [0.2, 0.25) is 27.4 Å². The summed E-state index contributed by atoms with van der Waals surface area (Å²) >= 11 is 0. The molecule has 0 radical (unpaired) electrons. The van der Waals surface area contributed by atoms with Gasteiger partial charge in [-0.15, -0.1) is 0 Å². The van der Waals surface area contributed by atoms with Crippen molar-refractivity contribution in [3.05, 3.63) is 70.9 Å². The first-order valence-electron chi connectivity index (χ1n) is 18.5. The van der Waals surface area contributed by atoms with Crippen LogP contribution in [0.4, 0.5) is 5.82 Å². The fourth-order valence-corrected chi connectivity index (χ4v) is 8.83. The Balaban J connectivity index is 1.42. The predicted molar refractivity (Wildman–Crippen MR) is 205 cm³/mol. The molecule has 15 heteroatoms. The van der Waals surface area contributed by atoms with Crippen molar-refractivity contribution < 1.29 is 36.6 Å². The van der Waals surface area contributed by atoms with Crippen molar-refractivity contribution in [1.29, 1.82) is 0 Å². The molecule has 290 valence electrons. The minimum Gasteiger partial charge on any atom is -0.493 e. The number of sulfonamides is 1. The molecule has 0 aliphatic carbocycles. The summed E-state index contributed by atoms with van der Waals surface area (Å²) in [6.45, 7) is 5.62. The van der Waals surface area contributed by atoms with Crippen LogP contribution in [0.2, 0.25) is 0 Å². The number of aromatic nitrogens is 2. The molecule has 1 saturated heterocycles. The smallest absolute Gasteiger partial charge is 0.292 e. The minimum absolute atomic E-state index is 0.0581. The maximum absolute atomic E-state index is 14.4. The summed E-state index contributed by atoms with van der Waals surface area (Å²) in [5, 5.41) is 3.73. The quantitative estimate of drug-likeness (QED) is 0.265. The molecule has 6 rings (SSSR count). The van der Waals surface area contributed by atoms with Gasteiger partial charge in [-0.05, 0) is 50.2 Å². The largest absolute Gasteiger partial charge is 0.493 e. The number of carbonyl (C=O) groups excluding carboxylic acids is 2. The zero-order chi connectivity index (χ0) is 38.4. The van der Waals surface area contributed by atoms with Crippen LogP contribution in [0.5, 0.6) is 17.2 Å². The van der Waals surface area contributed by atoms with Crippen LogP contribution in [-0.2, 0) is 33.5 Å². The number of benzene rings is 2. The van der Waals surface area contributed by atoms with Crippen LogP contribution in [0.3, 0.4) is 0 Å². The number of amides is 2. The van der Waals surface area contributed by atoms with E-state index in [9.17, 15) is 18.0 Å². The lowest BCUT2D eigenvalue weighted by Gasteiger charge is -2.36. The molecule has 2 aromatic heterocycles. The van der Waals surface area contributed by atoms with E-state index in [0.29, 0.717) is 95.6 Å². The van der Waals surface area contributed by atoms with Crippen molar-refractivity contribution >= 4 is 38.6 Å². The van der Waals surface area contributed by atoms with Crippen LogP contribution in [0, 0.1) is 12.8 Å². The van der Waals surface area contributed by atoms with Crippen molar-refractivity contribution in [2.75, 3.05) is 65.5 Å². The first-order chi connectivity index (χ1) is 26.0. The van der Waals surface area contributed by atoms with Gasteiger partial charge in [0, 0.05) is 62.7 Å². The number of carbonyl (C=O) groups is 2. The van der Waals surface area contributed by atoms with Gasteiger partial charge in [0.05, 0.1) is 44.8 Å². The number of rotatable bonds is 8. The third kappa shape index (κ3) is 8.57. The third-order valence-electron chi connectivity index (χ3n) is 10.1. The number of hydrogen-bond donors (Lipinski definition) is 1. The van der Waals surface area contributed by atoms with E-state index in [1.807, 2.05) is 31.2 Å². The van der Waals surface area contributed by atoms with Crippen LogP contribution in [0.25, 0.3) is 10.9 Å². The molecular weight excluding hydrogens is 713 g/mol. The number of aryl methyl sites for hydroxylation is 2. The molecular formula is C39H50N6O8S. The van der Waals surface area contributed by atoms with Gasteiger partial charge in [-0.2, -0.15) is 4.31 Å². The Hall–Kier alpha value is -4.89. The maximum Gasteiger partial charge on any atom is 0.292 e. The molecule has 0 spiro atoms. The average Bonchev–Trinajstić information content (AvgIpc) is 3.56. The normalized spacial score (nSPS) is 17.9. The lowest BCUT2D eigenvalue weighted by Crippen LogP contribution is -2.46. The molecule has 1 atom stereocenters. The summed E-state index contributed by atoms with van der Waals surface area (Å²) in [5.41, 5.74) is 2.48. The second-order valence-corrected chi connectivity index (χ2v) is 15.8. The zero-order valence-corrected chi connectivity index (χ0v) is 32.5. The summed E-state index contributed by atoms with van der Waals surface area (Å²) in [6.07, 6.45) is 3.12. The van der Waals surface area contributed by atoms with E-state index in [-0.39, 0.29) is 49.5 Å². The van der Waals surface area contributed by atoms with Crippen molar-refractivity contribution in [2.24, 2.45) is 5.92 Å². The summed E-state index contributed by atoms with van der Waals surface area (Å²) in [7, 11) is 0.790. The molecule has 1 N–H and O–H groups in total. The van der Waals surface area contributed by atoms with Gasteiger partial charge in [-0.1, -0.05) is 37.3 Å². The molecule has 54 heavy (non-hydrogen) atoms. The highest BCUT2D eigenvalue weighted by Gasteiger charge is 2.31. The van der Waals surface area contributed by atoms with Gasteiger partial charge >= 0.3 is 0 Å². The van der Waals surface area contributed by atoms with E-state index >= 15 is 0 Å². The van der Waals surface area contributed by atoms with Crippen molar-refractivity contribution in [2.45, 2.75) is 58.2 Å². The molecule has 0 saturated carbocycles. The van der Waals surface area contributed by atoms with Gasteiger partial charge < -0.3 is 33.7 Å². The van der Waals surface area contributed by atoms with Crippen LogP contribution in [0.1, 0.15) is 65.9 Å². The maximum atomic E-state index is 14.4. The Labute approximate surface area is 316 Å². The number of oxazole rings is 1. The van der Waals surface area contributed by atoms with E-state index in [4.69, 9.17) is 23.6 Å². The lowest BCUT2D eigenvalue weighted by atomic mass is 9.97. The third-order valence-corrected chi connectivity index (χ3v) is 11.9. The zero-order valence-electron chi connectivity index (χ0n) is 31.7. The number of piperidine rings is 1. The fourth-order valence-electron chi connectivity index (χ4n) is 7.30. The van der Waals surface area contributed by atoms with Crippen LogP contribution in [0.15, 0.2) is 46.9 Å². The summed E-state index contributed by atoms with van der Waals surface area (Å²) in [4.78, 5) is 40.4. The minimum atomic E-state index is -3.85. The monoisotopic (exact) mass is 762 g/mol. The number of pyridine rings is 1. The highest BCUT2D eigenvalue weighted by atomic mass is 32.2. The molecule has 4 aromatic rings. The molecule has 1 unspecified atom stereocenters.